The summed E-state index contributed by atoms with van der Waals surface area (Å²) in [6, 6.07) is 5.12. The second-order valence-corrected chi connectivity index (χ2v) is 5.68. The van der Waals surface area contributed by atoms with Crippen LogP contribution < -0.4 is 10.6 Å². The third-order valence-corrected chi connectivity index (χ3v) is 3.92. The number of benzene rings is 1. The van der Waals surface area contributed by atoms with Gasteiger partial charge in [0.15, 0.2) is 5.96 Å². The van der Waals surface area contributed by atoms with Gasteiger partial charge < -0.3 is 15.7 Å². The molecule has 144 valence electrons. The summed E-state index contributed by atoms with van der Waals surface area (Å²) in [5, 5.41) is 16.4. The molecule has 0 aliphatic heterocycles. The number of aliphatic hydroxyl groups is 1. The van der Waals surface area contributed by atoms with Crippen molar-refractivity contribution in [3.05, 3.63) is 35.4 Å². The lowest BCUT2D eigenvalue weighted by atomic mass is 9.98. The number of aliphatic imine (C=N–C) groups is 1. The number of rotatable bonds is 7. The normalized spacial score (nSPS) is 12.5. The summed E-state index contributed by atoms with van der Waals surface area (Å²) in [4.78, 5) is 4.29. The average Bonchev–Trinajstić information content (AvgIpc) is 2.56. The highest BCUT2D eigenvalue weighted by Crippen LogP contribution is 2.29. The molecule has 8 heteroatoms. The van der Waals surface area contributed by atoms with Gasteiger partial charge in [-0.3, -0.25) is 0 Å². The third kappa shape index (κ3) is 8.26. The van der Waals surface area contributed by atoms with Crippen molar-refractivity contribution >= 4 is 29.9 Å². The zero-order valence-electron chi connectivity index (χ0n) is 14.8. The van der Waals surface area contributed by atoms with Crippen LogP contribution >= 0.6 is 24.0 Å². The molecule has 0 fully saturated rings. The summed E-state index contributed by atoms with van der Waals surface area (Å²) in [5.74, 6) is 0.468. The molecule has 0 amide bonds. The van der Waals surface area contributed by atoms with E-state index < -0.39 is 17.3 Å². The van der Waals surface area contributed by atoms with Crippen molar-refractivity contribution in [3.63, 3.8) is 0 Å². The summed E-state index contributed by atoms with van der Waals surface area (Å²) >= 11 is 0. The van der Waals surface area contributed by atoms with Crippen molar-refractivity contribution in [3.8, 4) is 0 Å². The smallest absolute Gasteiger partial charge is 0.388 e. The molecule has 4 nitrogen and oxygen atoms in total. The van der Waals surface area contributed by atoms with Gasteiger partial charge in [-0.2, -0.15) is 13.2 Å². The van der Waals surface area contributed by atoms with Crippen LogP contribution in [-0.2, 0) is 12.7 Å². The quantitative estimate of drug-likeness (QED) is 0.320. The minimum Gasteiger partial charge on any atom is -0.388 e. The highest BCUT2D eigenvalue weighted by atomic mass is 127. The molecule has 1 aromatic rings. The Morgan fingerprint density at radius 2 is 1.76 bits per heavy atom. The van der Waals surface area contributed by atoms with E-state index in [9.17, 15) is 18.3 Å². The number of guanidine groups is 1. The van der Waals surface area contributed by atoms with Crippen LogP contribution in [0.3, 0.4) is 0 Å². The molecule has 1 aromatic carbocycles. The van der Waals surface area contributed by atoms with Crippen LogP contribution in [0, 0.1) is 0 Å². The fourth-order valence-corrected chi connectivity index (χ4v) is 2.11. The lowest BCUT2D eigenvalue weighted by molar-refractivity contribution is -0.137. The molecule has 0 aliphatic rings. The van der Waals surface area contributed by atoms with Crippen molar-refractivity contribution < 1.29 is 18.3 Å². The Kier molecular flexibility index (Phi) is 10.4. The number of nitrogens with zero attached hydrogens (tertiary/aromatic N) is 1. The van der Waals surface area contributed by atoms with Crippen LogP contribution in [0.2, 0.25) is 0 Å². The fourth-order valence-electron chi connectivity index (χ4n) is 2.11. The lowest BCUT2D eigenvalue weighted by Crippen LogP contribution is -2.46. The second-order valence-electron chi connectivity index (χ2n) is 5.68. The molecule has 0 radical (unpaired) electrons. The molecule has 25 heavy (non-hydrogen) atoms. The molecule has 0 atom stereocenters. The number of hydrogen-bond acceptors (Lipinski definition) is 2. The van der Waals surface area contributed by atoms with E-state index in [1.807, 2.05) is 20.8 Å². The van der Waals surface area contributed by atoms with E-state index in [4.69, 9.17) is 0 Å². The number of halogens is 4. The van der Waals surface area contributed by atoms with Gasteiger partial charge in [0.25, 0.3) is 0 Å². The molecule has 0 saturated carbocycles. The first-order valence-electron chi connectivity index (χ1n) is 8.14. The van der Waals surface area contributed by atoms with Gasteiger partial charge in [-0.1, -0.05) is 26.0 Å². The maximum atomic E-state index is 12.7. The van der Waals surface area contributed by atoms with Crippen molar-refractivity contribution in [1.29, 1.82) is 0 Å². The Morgan fingerprint density at radius 3 is 2.28 bits per heavy atom. The summed E-state index contributed by atoms with van der Waals surface area (Å²) in [5.41, 5.74) is -1.03. The second kappa shape index (κ2) is 10.8. The molecule has 3 N–H and O–H groups in total. The topological polar surface area (TPSA) is 56.7 Å². The maximum Gasteiger partial charge on any atom is 0.416 e. The van der Waals surface area contributed by atoms with E-state index in [1.54, 1.807) is 6.07 Å². The molecule has 0 saturated heterocycles. The summed E-state index contributed by atoms with van der Waals surface area (Å²) in [7, 11) is 0. The molecule has 0 heterocycles. The van der Waals surface area contributed by atoms with Crippen molar-refractivity contribution in [2.24, 2.45) is 4.99 Å². The monoisotopic (exact) mass is 473 g/mol. The van der Waals surface area contributed by atoms with Gasteiger partial charge in [-0.25, -0.2) is 4.99 Å². The van der Waals surface area contributed by atoms with Crippen molar-refractivity contribution in [2.75, 3.05) is 13.1 Å². The Hall–Kier alpha value is -1.03. The van der Waals surface area contributed by atoms with E-state index >= 15 is 0 Å². The largest absolute Gasteiger partial charge is 0.416 e. The predicted octanol–water partition coefficient (Wildman–Crippen LogP) is 3.93. The van der Waals surface area contributed by atoms with Gasteiger partial charge in [0.1, 0.15) is 0 Å². The number of hydrogen-bond donors (Lipinski definition) is 3. The van der Waals surface area contributed by atoms with Gasteiger partial charge in [0, 0.05) is 13.1 Å². The molecule has 0 unspecified atom stereocenters. The zero-order chi connectivity index (χ0) is 18.2. The zero-order valence-corrected chi connectivity index (χ0v) is 17.1. The molecule has 0 spiro atoms. The first-order valence-corrected chi connectivity index (χ1v) is 8.14. The highest BCUT2D eigenvalue weighted by molar-refractivity contribution is 14.0. The predicted molar refractivity (Wildman–Crippen MR) is 105 cm³/mol. The van der Waals surface area contributed by atoms with Crippen molar-refractivity contribution in [1.82, 2.24) is 10.6 Å². The Balaban J connectivity index is 0.00000576. The van der Waals surface area contributed by atoms with E-state index in [0.29, 0.717) is 37.5 Å². The third-order valence-electron chi connectivity index (χ3n) is 3.92. The first kappa shape index (κ1) is 24.0. The van der Waals surface area contributed by atoms with E-state index in [-0.39, 0.29) is 30.5 Å². The average molecular weight is 473 g/mol. The van der Waals surface area contributed by atoms with Crippen LogP contribution in [0.1, 0.15) is 44.7 Å². The first-order chi connectivity index (χ1) is 11.2. The summed E-state index contributed by atoms with van der Waals surface area (Å²) in [6.45, 7) is 6.76. The molecule has 0 bridgehead atoms. The lowest BCUT2D eigenvalue weighted by Gasteiger charge is -2.26. The van der Waals surface area contributed by atoms with Crippen LogP contribution in [0.5, 0.6) is 0 Å². The number of nitrogens with one attached hydrogen (secondary N) is 2. The molecular formula is C17H27F3IN3O. The fraction of sp³-hybridized carbons (Fsp3) is 0.588. The van der Waals surface area contributed by atoms with Crippen LogP contribution in [0.15, 0.2) is 29.3 Å². The van der Waals surface area contributed by atoms with Gasteiger partial charge in [-0.15, -0.1) is 24.0 Å². The standard InChI is InChI=1S/C17H26F3N3O.HI/c1-4-16(24,5-2)12-23-15(21-6-3)22-11-13-8-7-9-14(10-13)17(18,19)20;/h7-10,24H,4-6,11-12H2,1-3H3,(H2,21,22,23);1H. The van der Waals surface area contributed by atoms with Crippen LogP contribution in [0.4, 0.5) is 13.2 Å². The van der Waals surface area contributed by atoms with Gasteiger partial charge >= 0.3 is 6.18 Å². The van der Waals surface area contributed by atoms with E-state index in [2.05, 4.69) is 15.6 Å². The van der Waals surface area contributed by atoms with E-state index in [0.717, 1.165) is 12.1 Å². The molecule has 0 aromatic heterocycles. The van der Waals surface area contributed by atoms with Crippen molar-refractivity contribution in [2.45, 2.75) is 51.9 Å². The Morgan fingerprint density at radius 1 is 1.12 bits per heavy atom. The van der Waals surface area contributed by atoms with Gasteiger partial charge in [0.05, 0.1) is 17.7 Å². The molecule has 0 aliphatic carbocycles. The minimum atomic E-state index is -4.36. The highest BCUT2D eigenvalue weighted by Gasteiger charge is 2.30. The van der Waals surface area contributed by atoms with Crippen LogP contribution in [-0.4, -0.2) is 29.8 Å². The van der Waals surface area contributed by atoms with Gasteiger partial charge in [-0.05, 0) is 37.5 Å². The summed E-state index contributed by atoms with van der Waals surface area (Å²) < 4.78 is 38.2. The molecular weight excluding hydrogens is 446 g/mol. The summed E-state index contributed by atoms with van der Waals surface area (Å²) in [6.07, 6.45) is -3.16. The molecule has 1 rings (SSSR count). The van der Waals surface area contributed by atoms with E-state index in [1.165, 1.54) is 6.07 Å². The number of alkyl halides is 3. The minimum absolute atomic E-state index is 0. The Bertz CT molecular complexity index is 546. The SMILES string of the molecule is CCNC(=NCc1cccc(C(F)(F)F)c1)NCC(O)(CC)CC.I. The Labute approximate surface area is 164 Å². The maximum absolute atomic E-state index is 12.7. The van der Waals surface area contributed by atoms with Crippen LogP contribution in [0.25, 0.3) is 0 Å². The van der Waals surface area contributed by atoms with Gasteiger partial charge in [0.2, 0.25) is 0 Å².